The predicted octanol–water partition coefficient (Wildman–Crippen LogP) is 5.16. The Labute approximate surface area is 154 Å². The van der Waals surface area contributed by atoms with Gasteiger partial charge in [0.15, 0.2) is 0 Å². The summed E-state index contributed by atoms with van der Waals surface area (Å²) in [5.74, 6) is 0.00968. The van der Waals surface area contributed by atoms with Crippen LogP contribution >= 0.6 is 11.6 Å². The number of ether oxygens (including phenoxy) is 1. The molecule has 4 heteroatoms. The van der Waals surface area contributed by atoms with Gasteiger partial charge in [-0.05, 0) is 74.1 Å². The highest BCUT2D eigenvalue weighted by atomic mass is 35.5. The van der Waals surface area contributed by atoms with E-state index in [2.05, 4.69) is 0 Å². The lowest BCUT2D eigenvalue weighted by atomic mass is 9.79. The molecule has 0 radical (unpaired) electrons. The highest BCUT2D eigenvalue weighted by Crippen LogP contribution is 2.32. The van der Waals surface area contributed by atoms with E-state index in [-0.39, 0.29) is 11.7 Å². The predicted molar refractivity (Wildman–Crippen MR) is 101 cm³/mol. The van der Waals surface area contributed by atoms with E-state index in [1.54, 1.807) is 12.1 Å². The second-order valence-corrected chi connectivity index (χ2v) is 7.00. The van der Waals surface area contributed by atoms with Crippen LogP contribution < -0.4 is 0 Å². The van der Waals surface area contributed by atoms with Crippen molar-refractivity contribution >= 4 is 17.6 Å². The van der Waals surface area contributed by atoms with E-state index in [0.29, 0.717) is 24.5 Å². The van der Waals surface area contributed by atoms with E-state index in [1.165, 1.54) is 0 Å². The second kappa shape index (κ2) is 8.39. The number of carbonyl (C=O) groups excluding carboxylic acids is 1. The largest absolute Gasteiger partial charge is 0.508 e. The molecule has 0 fully saturated rings. The fourth-order valence-electron chi connectivity index (χ4n) is 2.84. The van der Waals surface area contributed by atoms with E-state index in [1.807, 2.05) is 51.1 Å². The Bertz CT molecular complexity index is 724. The Balaban J connectivity index is 2.31. The molecule has 1 atom stereocenters. The summed E-state index contributed by atoms with van der Waals surface area (Å²) >= 11 is 5.95. The maximum Gasteiger partial charge on any atom is 0.312 e. The van der Waals surface area contributed by atoms with Crippen LogP contribution in [0.2, 0.25) is 5.02 Å². The average Bonchev–Trinajstić information content (AvgIpc) is 2.59. The average molecular weight is 361 g/mol. The molecule has 1 N–H and O–H groups in total. The standard InChI is InChI=1S/C21H25ClO3/c1-4-21(3,20(24)25-5-2)14-17-13-19(23)11-8-16(17)12-15-6-9-18(22)10-7-15/h6-11,13,23H,4-5,12,14H2,1-3H3. The zero-order valence-corrected chi connectivity index (χ0v) is 15.8. The summed E-state index contributed by atoms with van der Waals surface area (Å²) < 4.78 is 5.26. The first-order chi connectivity index (χ1) is 11.9. The van der Waals surface area contributed by atoms with E-state index < -0.39 is 5.41 Å². The highest BCUT2D eigenvalue weighted by Gasteiger charge is 2.33. The van der Waals surface area contributed by atoms with Gasteiger partial charge in [-0.1, -0.05) is 36.7 Å². The van der Waals surface area contributed by atoms with Crippen LogP contribution in [0.5, 0.6) is 5.75 Å². The van der Waals surface area contributed by atoms with Gasteiger partial charge in [-0.25, -0.2) is 0 Å². The minimum absolute atomic E-state index is 0.196. The molecule has 2 aromatic rings. The molecule has 1 unspecified atom stereocenters. The smallest absolute Gasteiger partial charge is 0.312 e. The molecule has 0 saturated carbocycles. The van der Waals surface area contributed by atoms with Gasteiger partial charge < -0.3 is 9.84 Å². The number of rotatable bonds is 7. The van der Waals surface area contributed by atoms with Gasteiger partial charge in [0.25, 0.3) is 0 Å². The fraction of sp³-hybridized carbons (Fsp3) is 0.381. The quantitative estimate of drug-likeness (QED) is 0.694. The summed E-state index contributed by atoms with van der Waals surface area (Å²) in [5.41, 5.74) is 2.57. The molecule has 0 aromatic heterocycles. The van der Waals surface area contributed by atoms with Crippen molar-refractivity contribution in [2.24, 2.45) is 5.41 Å². The summed E-state index contributed by atoms with van der Waals surface area (Å²) in [5, 5.41) is 10.6. The minimum atomic E-state index is -0.613. The van der Waals surface area contributed by atoms with Crippen LogP contribution in [-0.2, 0) is 22.4 Å². The third-order valence-corrected chi connectivity index (χ3v) is 4.88. The number of carbonyl (C=O) groups is 1. The molecule has 25 heavy (non-hydrogen) atoms. The SMILES string of the molecule is CCOC(=O)C(C)(CC)Cc1cc(O)ccc1Cc1ccc(Cl)cc1. The minimum Gasteiger partial charge on any atom is -0.508 e. The molecule has 0 aliphatic rings. The van der Waals surface area contributed by atoms with Crippen molar-refractivity contribution in [3.63, 3.8) is 0 Å². The first-order valence-corrected chi connectivity index (χ1v) is 8.98. The van der Waals surface area contributed by atoms with Crippen LogP contribution in [-0.4, -0.2) is 17.7 Å². The lowest BCUT2D eigenvalue weighted by Gasteiger charge is -2.27. The number of hydrogen-bond donors (Lipinski definition) is 1. The number of esters is 1. The highest BCUT2D eigenvalue weighted by molar-refractivity contribution is 6.30. The van der Waals surface area contributed by atoms with Gasteiger partial charge in [0.2, 0.25) is 0 Å². The maximum absolute atomic E-state index is 12.4. The molecule has 134 valence electrons. The number of phenols is 1. The van der Waals surface area contributed by atoms with Crippen LogP contribution in [0.15, 0.2) is 42.5 Å². The number of halogens is 1. The molecular formula is C21H25ClO3. The third kappa shape index (κ3) is 4.99. The van der Waals surface area contributed by atoms with Crippen LogP contribution in [0.3, 0.4) is 0 Å². The number of phenolic OH excluding ortho intramolecular Hbond substituents is 1. The molecular weight excluding hydrogens is 336 g/mol. The lowest BCUT2D eigenvalue weighted by molar-refractivity contribution is -0.154. The Morgan fingerprint density at radius 3 is 2.40 bits per heavy atom. The van der Waals surface area contributed by atoms with Crippen molar-refractivity contribution in [1.82, 2.24) is 0 Å². The van der Waals surface area contributed by atoms with Crippen molar-refractivity contribution in [2.45, 2.75) is 40.0 Å². The number of aromatic hydroxyl groups is 1. The molecule has 2 rings (SSSR count). The third-order valence-electron chi connectivity index (χ3n) is 4.63. The Kier molecular flexibility index (Phi) is 6.49. The zero-order chi connectivity index (χ0) is 18.4. The van der Waals surface area contributed by atoms with Gasteiger partial charge in [-0.2, -0.15) is 0 Å². The number of hydrogen-bond acceptors (Lipinski definition) is 3. The van der Waals surface area contributed by atoms with E-state index in [9.17, 15) is 9.90 Å². The first kappa shape index (κ1) is 19.3. The van der Waals surface area contributed by atoms with Gasteiger partial charge in [0, 0.05) is 5.02 Å². The molecule has 2 aromatic carbocycles. The van der Waals surface area contributed by atoms with Gasteiger partial charge in [0.1, 0.15) is 5.75 Å². The Hall–Kier alpha value is -2.00. The van der Waals surface area contributed by atoms with E-state index in [0.717, 1.165) is 23.1 Å². The normalized spacial score (nSPS) is 13.3. The fourth-order valence-corrected chi connectivity index (χ4v) is 2.96. The van der Waals surface area contributed by atoms with Crippen LogP contribution in [0.1, 0.15) is 43.9 Å². The molecule has 0 amide bonds. The molecule has 0 bridgehead atoms. The summed E-state index contributed by atoms with van der Waals surface area (Å²) in [7, 11) is 0. The van der Waals surface area contributed by atoms with Crippen molar-refractivity contribution in [1.29, 1.82) is 0 Å². The van der Waals surface area contributed by atoms with E-state index in [4.69, 9.17) is 16.3 Å². The molecule has 3 nitrogen and oxygen atoms in total. The van der Waals surface area contributed by atoms with Crippen LogP contribution in [0.25, 0.3) is 0 Å². The Morgan fingerprint density at radius 1 is 1.12 bits per heavy atom. The number of benzene rings is 2. The van der Waals surface area contributed by atoms with Gasteiger partial charge in [-0.3, -0.25) is 4.79 Å². The van der Waals surface area contributed by atoms with Crippen LogP contribution in [0.4, 0.5) is 0 Å². The summed E-state index contributed by atoms with van der Waals surface area (Å²) in [6.07, 6.45) is 1.91. The van der Waals surface area contributed by atoms with Crippen molar-refractivity contribution < 1.29 is 14.6 Å². The van der Waals surface area contributed by atoms with Crippen molar-refractivity contribution in [3.8, 4) is 5.75 Å². The zero-order valence-electron chi connectivity index (χ0n) is 15.0. The molecule has 0 aliphatic carbocycles. The second-order valence-electron chi connectivity index (χ2n) is 6.57. The van der Waals surface area contributed by atoms with Crippen LogP contribution in [0, 0.1) is 5.41 Å². The first-order valence-electron chi connectivity index (χ1n) is 8.60. The van der Waals surface area contributed by atoms with E-state index >= 15 is 0 Å². The lowest BCUT2D eigenvalue weighted by Crippen LogP contribution is -2.32. The molecule has 0 aliphatic heterocycles. The molecule has 0 spiro atoms. The van der Waals surface area contributed by atoms with Gasteiger partial charge in [0.05, 0.1) is 12.0 Å². The monoisotopic (exact) mass is 360 g/mol. The van der Waals surface area contributed by atoms with Crippen molar-refractivity contribution in [3.05, 3.63) is 64.2 Å². The topological polar surface area (TPSA) is 46.5 Å². The van der Waals surface area contributed by atoms with Crippen molar-refractivity contribution in [2.75, 3.05) is 6.61 Å². The summed E-state index contributed by atoms with van der Waals surface area (Å²) in [4.78, 5) is 12.4. The maximum atomic E-state index is 12.4. The van der Waals surface area contributed by atoms with Gasteiger partial charge >= 0.3 is 5.97 Å². The summed E-state index contributed by atoms with van der Waals surface area (Å²) in [6.45, 7) is 6.08. The Morgan fingerprint density at radius 2 is 1.80 bits per heavy atom. The van der Waals surface area contributed by atoms with Gasteiger partial charge in [-0.15, -0.1) is 0 Å². The molecule has 0 heterocycles. The molecule has 0 saturated heterocycles. The summed E-state index contributed by atoms with van der Waals surface area (Å²) in [6, 6.07) is 13.1.